The highest BCUT2D eigenvalue weighted by molar-refractivity contribution is 9.10. The Hall–Kier alpha value is -1.46. The lowest BCUT2D eigenvalue weighted by Crippen LogP contribution is -2.20. The minimum absolute atomic E-state index is 0.0499. The number of methoxy groups -OCH3 is 1. The molecule has 1 unspecified atom stereocenters. The zero-order valence-electron chi connectivity index (χ0n) is 10.2. The zero-order valence-corrected chi connectivity index (χ0v) is 11.8. The van der Waals surface area contributed by atoms with E-state index >= 15 is 0 Å². The first kappa shape index (κ1) is 13.0. The molecule has 0 radical (unpaired) electrons. The predicted octanol–water partition coefficient (Wildman–Crippen LogP) is 2.56. The quantitative estimate of drug-likeness (QED) is 0.943. The molecule has 5 heteroatoms. The van der Waals surface area contributed by atoms with E-state index in [-0.39, 0.29) is 6.04 Å². The number of nitrogens with one attached hydrogen (secondary N) is 1. The normalized spacial score (nSPS) is 12.2. The van der Waals surface area contributed by atoms with Crippen molar-refractivity contribution in [2.45, 2.75) is 6.04 Å². The van der Waals surface area contributed by atoms with Gasteiger partial charge >= 0.3 is 0 Å². The Morgan fingerprint density at radius 2 is 2.06 bits per heavy atom. The van der Waals surface area contributed by atoms with Crippen molar-refractivity contribution in [3.8, 4) is 5.88 Å². The van der Waals surface area contributed by atoms with Crippen LogP contribution in [0.3, 0.4) is 0 Å². The highest BCUT2D eigenvalue weighted by Gasteiger charge is 2.18. The zero-order chi connectivity index (χ0) is 13.0. The van der Waals surface area contributed by atoms with Crippen LogP contribution in [0, 0.1) is 0 Å². The van der Waals surface area contributed by atoms with E-state index in [2.05, 4.69) is 37.3 Å². The average Bonchev–Trinajstić information content (AvgIpc) is 2.40. The first-order chi connectivity index (χ1) is 8.76. The average molecular weight is 308 g/mol. The van der Waals surface area contributed by atoms with Crippen LogP contribution in [-0.4, -0.2) is 24.1 Å². The van der Waals surface area contributed by atoms with Crippen LogP contribution in [0.15, 0.2) is 41.1 Å². The van der Waals surface area contributed by atoms with Crippen LogP contribution in [-0.2, 0) is 0 Å². The van der Waals surface area contributed by atoms with Gasteiger partial charge in [-0.05, 0) is 24.7 Å². The summed E-state index contributed by atoms with van der Waals surface area (Å²) in [6.07, 6.45) is 3.29. The number of benzene rings is 1. The van der Waals surface area contributed by atoms with Crippen LogP contribution in [0.5, 0.6) is 5.88 Å². The molecule has 2 aromatic rings. The number of ether oxygens (including phenoxy) is 1. The van der Waals surface area contributed by atoms with Crippen LogP contribution in [0.1, 0.15) is 17.3 Å². The van der Waals surface area contributed by atoms with E-state index in [0.717, 1.165) is 15.7 Å². The number of hydrogen-bond donors (Lipinski definition) is 1. The van der Waals surface area contributed by atoms with Crippen molar-refractivity contribution in [1.82, 2.24) is 15.3 Å². The van der Waals surface area contributed by atoms with Gasteiger partial charge in [0, 0.05) is 16.9 Å². The summed E-state index contributed by atoms with van der Waals surface area (Å²) in [7, 11) is 3.49. The summed E-state index contributed by atoms with van der Waals surface area (Å²) in [6, 6.07) is 8.03. The minimum atomic E-state index is -0.0499. The van der Waals surface area contributed by atoms with Crippen molar-refractivity contribution >= 4 is 15.9 Å². The molecule has 0 aliphatic carbocycles. The third-order valence-corrected chi connectivity index (χ3v) is 3.12. The van der Waals surface area contributed by atoms with Gasteiger partial charge in [0.25, 0.3) is 0 Å². The molecule has 18 heavy (non-hydrogen) atoms. The Kier molecular flexibility index (Phi) is 4.28. The van der Waals surface area contributed by atoms with Crippen molar-refractivity contribution in [3.63, 3.8) is 0 Å². The van der Waals surface area contributed by atoms with Gasteiger partial charge in [-0.15, -0.1) is 0 Å². The molecule has 0 aliphatic rings. The fourth-order valence-electron chi connectivity index (χ4n) is 1.84. The van der Waals surface area contributed by atoms with Crippen LogP contribution in [0.4, 0.5) is 0 Å². The van der Waals surface area contributed by atoms with E-state index in [1.165, 1.54) is 0 Å². The molecular formula is C13H14BrN3O. The summed E-state index contributed by atoms with van der Waals surface area (Å²) in [6.45, 7) is 0. The molecule has 0 bridgehead atoms. The highest BCUT2D eigenvalue weighted by atomic mass is 79.9. The SMILES string of the molecule is CNC(c1cccc(Br)c1)c1nccnc1OC. The predicted molar refractivity (Wildman–Crippen MR) is 73.6 cm³/mol. The van der Waals surface area contributed by atoms with Crippen LogP contribution >= 0.6 is 15.9 Å². The third kappa shape index (κ3) is 2.68. The number of aromatic nitrogens is 2. The Morgan fingerprint density at radius 1 is 1.28 bits per heavy atom. The summed E-state index contributed by atoms with van der Waals surface area (Å²) in [5.41, 5.74) is 1.88. The summed E-state index contributed by atoms with van der Waals surface area (Å²) in [5, 5.41) is 3.23. The Bertz CT molecular complexity index is 533. The molecule has 0 saturated carbocycles. The van der Waals surface area contributed by atoms with E-state index in [9.17, 15) is 0 Å². The van der Waals surface area contributed by atoms with E-state index in [1.807, 2.05) is 25.2 Å². The lowest BCUT2D eigenvalue weighted by molar-refractivity contribution is 0.384. The van der Waals surface area contributed by atoms with Gasteiger partial charge in [0.2, 0.25) is 5.88 Å². The number of hydrogen-bond acceptors (Lipinski definition) is 4. The minimum Gasteiger partial charge on any atom is -0.480 e. The maximum Gasteiger partial charge on any atom is 0.237 e. The summed E-state index contributed by atoms with van der Waals surface area (Å²) >= 11 is 3.47. The highest BCUT2D eigenvalue weighted by Crippen LogP contribution is 2.27. The van der Waals surface area contributed by atoms with Gasteiger partial charge in [-0.2, -0.15) is 0 Å². The van der Waals surface area contributed by atoms with Gasteiger partial charge in [0.05, 0.1) is 13.2 Å². The molecule has 1 aromatic heterocycles. The van der Waals surface area contributed by atoms with E-state index in [4.69, 9.17) is 4.74 Å². The number of halogens is 1. The van der Waals surface area contributed by atoms with Crippen LogP contribution in [0.25, 0.3) is 0 Å². The first-order valence-corrected chi connectivity index (χ1v) is 6.33. The monoisotopic (exact) mass is 307 g/mol. The van der Waals surface area contributed by atoms with Gasteiger partial charge in [-0.1, -0.05) is 28.1 Å². The smallest absolute Gasteiger partial charge is 0.237 e. The summed E-state index contributed by atoms with van der Waals surface area (Å²) in [4.78, 5) is 8.54. The maximum atomic E-state index is 5.25. The molecule has 1 atom stereocenters. The van der Waals surface area contributed by atoms with Gasteiger partial charge in [-0.25, -0.2) is 4.98 Å². The van der Waals surface area contributed by atoms with Crippen molar-refractivity contribution < 1.29 is 4.74 Å². The van der Waals surface area contributed by atoms with Crippen molar-refractivity contribution in [3.05, 3.63) is 52.4 Å². The molecule has 0 fully saturated rings. The Labute approximate surface area is 115 Å². The standard InChI is InChI=1S/C13H14BrN3O/c1-15-11(9-4-3-5-10(14)8-9)12-13(18-2)17-7-6-16-12/h3-8,11,15H,1-2H3. The largest absolute Gasteiger partial charge is 0.480 e. The molecule has 1 aromatic carbocycles. The van der Waals surface area contributed by atoms with Crippen LogP contribution in [0.2, 0.25) is 0 Å². The van der Waals surface area contributed by atoms with E-state index in [1.54, 1.807) is 19.5 Å². The van der Waals surface area contributed by atoms with E-state index in [0.29, 0.717) is 5.88 Å². The van der Waals surface area contributed by atoms with Crippen molar-refractivity contribution in [2.24, 2.45) is 0 Å². The fourth-order valence-corrected chi connectivity index (χ4v) is 2.26. The Balaban J connectivity index is 2.45. The molecule has 0 aliphatic heterocycles. The summed E-state index contributed by atoms with van der Waals surface area (Å²) < 4.78 is 6.29. The van der Waals surface area contributed by atoms with Crippen molar-refractivity contribution in [2.75, 3.05) is 14.2 Å². The van der Waals surface area contributed by atoms with Gasteiger partial charge < -0.3 is 10.1 Å². The summed E-state index contributed by atoms with van der Waals surface area (Å²) in [5.74, 6) is 0.539. The number of rotatable bonds is 4. The van der Waals surface area contributed by atoms with Gasteiger partial charge in [-0.3, -0.25) is 4.98 Å². The van der Waals surface area contributed by atoms with E-state index < -0.39 is 0 Å². The second kappa shape index (κ2) is 5.93. The number of nitrogens with zero attached hydrogens (tertiary/aromatic N) is 2. The molecule has 0 saturated heterocycles. The lowest BCUT2D eigenvalue weighted by atomic mass is 10.0. The molecule has 1 N–H and O–H groups in total. The van der Waals surface area contributed by atoms with Gasteiger partial charge in [0.15, 0.2) is 0 Å². The van der Waals surface area contributed by atoms with Crippen molar-refractivity contribution in [1.29, 1.82) is 0 Å². The molecule has 0 spiro atoms. The maximum absolute atomic E-state index is 5.25. The second-order valence-corrected chi connectivity index (χ2v) is 4.64. The molecule has 2 rings (SSSR count). The lowest BCUT2D eigenvalue weighted by Gasteiger charge is -2.17. The Morgan fingerprint density at radius 3 is 2.72 bits per heavy atom. The molecule has 4 nitrogen and oxygen atoms in total. The first-order valence-electron chi connectivity index (χ1n) is 5.54. The topological polar surface area (TPSA) is 47.0 Å². The third-order valence-electron chi connectivity index (χ3n) is 2.63. The van der Waals surface area contributed by atoms with Crippen LogP contribution < -0.4 is 10.1 Å². The molecule has 1 heterocycles. The molecule has 0 amide bonds. The van der Waals surface area contributed by atoms with Gasteiger partial charge in [0.1, 0.15) is 5.69 Å². The molecular weight excluding hydrogens is 294 g/mol. The fraction of sp³-hybridized carbons (Fsp3) is 0.231. The second-order valence-electron chi connectivity index (χ2n) is 3.73. The molecule has 94 valence electrons.